The third kappa shape index (κ3) is 3.61. The fourth-order valence-corrected chi connectivity index (χ4v) is 2.22. The Balaban J connectivity index is 1.96. The van der Waals surface area contributed by atoms with Crippen molar-refractivity contribution in [2.45, 2.75) is 12.8 Å². The summed E-state index contributed by atoms with van der Waals surface area (Å²) in [6.45, 7) is 1.17. The summed E-state index contributed by atoms with van der Waals surface area (Å²) >= 11 is 5.77. The molecule has 0 spiro atoms. The first kappa shape index (κ1) is 13.7. The molecule has 19 heavy (non-hydrogen) atoms. The van der Waals surface area contributed by atoms with Crippen molar-refractivity contribution < 1.29 is 9.53 Å². The topological polar surface area (TPSA) is 79.4 Å². The van der Waals surface area contributed by atoms with Crippen LogP contribution in [0.2, 0.25) is 5.02 Å². The van der Waals surface area contributed by atoms with E-state index in [0.29, 0.717) is 17.3 Å². The molecule has 3 N–H and O–H groups in total. The van der Waals surface area contributed by atoms with Gasteiger partial charge in [-0.15, -0.1) is 0 Å². The van der Waals surface area contributed by atoms with Gasteiger partial charge in [-0.1, -0.05) is 11.6 Å². The smallest absolute Gasteiger partial charge is 0.316 e. The van der Waals surface area contributed by atoms with Crippen molar-refractivity contribution in [3.8, 4) is 5.75 Å². The zero-order chi connectivity index (χ0) is 13.8. The summed E-state index contributed by atoms with van der Waals surface area (Å²) in [5, 5.41) is 8.00. The summed E-state index contributed by atoms with van der Waals surface area (Å²) in [7, 11) is 0. The van der Waals surface area contributed by atoms with Crippen molar-refractivity contribution in [2.24, 2.45) is 11.7 Å². The van der Waals surface area contributed by atoms with Crippen LogP contribution in [0.4, 0.5) is 0 Å². The van der Waals surface area contributed by atoms with Gasteiger partial charge in [0, 0.05) is 18.1 Å². The molecule has 102 valence electrons. The van der Waals surface area contributed by atoms with E-state index in [1.165, 1.54) is 0 Å². The van der Waals surface area contributed by atoms with E-state index in [9.17, 15) is 4.79 Å². The molecule has 0 radical (unpaired) electrons. The predicted molar refractivity (Wildman–Crippen MR) is 73.3 cm³/mol. The molecule has 5 nitrogen and oxygen atoms in total. The second kappa shape index (κ2) is 5.93. The first-order valence-electron chi connectivity index (χ1n) is 6.12. The third-order valence-electron chi connectivity index (χ3n) is 3.13. The van der Waals surface area contributed by atoms with Crippen LogP contribution >= 0.6 is 11.6 Å². The Morgan fingerprint density at radius 2 is 2.11 bits per heavy atom. The van der Waals surface area contributed by atoms with E-state index in [1.807, 2.05) is 0 Å². The number of nitrogens with one attached hydrogen (secondary N) is 1. The monoisotopic (exact) mass is 281 g/mol. The summed E-state index contributed by atoms with van der Waals surface area (Å²) in [6, 6.07) is 6.66. The van der Waals surface area contributed by atoms with Crippen molar-refractivity contribution in [1.82, 2.24) is 4.90 Å². The maximum absolute atomic E-state index is 12.0. The number of piperidine rings is 1. The molecule has 1 saturated heterocycles. The summed E-state index contributed by atoms with van der Waals surface area (Å²) in [5.74, 6) is -0.0417. The second-order valence-electron chi connectivity index (χ2n) is 4.55. The lowest BCUT2D eigenvalue weighted by Crippen LogP contribution is -2.46. The van der Waals surface area contributed by atoms with Gasteiger partial charge in [-0.3, -0.25) is 10.2 Å². The van der Waals surface area contributed by atoms with Gasteiger partial charge in [-0.2, -0.15) is 0 Å². The number of carbonyl (C=O) groups excluding carboxylic acids is 1. The van der Waals surface area contributed by atoms with E-state index >= 15 is 0 Å². The Hall–Kier alpha value is -1.75. The van der Waals surface area contributed by atoms with Gasteiger partial charge < -0.3 is 15.4 Å². The van der Waals surface area contributed by atoms with Crippen molar-refractivity contribution >= 4 is 23.5 Å². The minimum atomic E-state index is -0.284. The van der Waals surface area contributed by atoms with Gasteiger partial charge in [0.05, 0.1) is 5.92 Å². The van der Waals surface area contributed by atoms with Crippen LogP contribution in [0.15, 0.2) is 24.3 Å². The number of carbonyl (C=O) groups is 1. The molecule has 1 aliphatic rings. The molecular formula is C13H16ClN3O2. The van der Waals surface area contributed by atoms with Crippen LogP contribution in [-0.4, -0.2) is 29.9 Å². The Morgan fingerprint density at radius 3 is 2.74 bits per heavy atom. The minimum Gasteiger partial charge on any atom is -0.426 e. The number of nitrogens with two attached hydrogens (primary N) is 1. The molecule has 1 atom stereocenters. The summed E-state index contributed by atoms with van der Waals surface area (Å²) < 4.78 is 5.30. The number of guanidine groups is 1. The summed E-state index contributed by atoms with van der Waals surface area (Å²) in [6.07, 6.45) is 1.59. The van der Waals surface area contributed by atoms with Crippen LogP contribution in [0.25, 0.3) is 0 Å². The highest BCUT2D eigenvalue weighted by molar-refractivity contribution is 6.30. The zero-order valence-corrected chi connectivity index (χ0v) is 11.2. The van der Waals surface area contributed by atoms with Crippen LogP contribution < -0.4 is 10.5 Å². The van der Waals surface area contributed by atoms with Gasteiger partial charge in [0.2, 0.25) is 0 Å². The molecule has 1 unspecified atom stereocenters. The van der Waals surface area contributed by atoms with E-state index in [4.69, 9.17) is 27.5 Å². The molecule has 1 aromatic rings. The lowest BCUT2D eigenvalue weighted by atomic mass is 9.98. The first-order valence-corrected chi connectivity index (χ1v) is 6.50. The number of ether oxygens (including phenoxy) is 1. The number of halogens is 1. The van der Waals surface area contributed by atoms with Gasteiger partial charge in [0.25, 0.3) is 0 Å². The van der Waals surface area contributed by atoms with Crippen LogP contribution in [0.3, 0.4) is 0 Å². The summed E-state index contributed by atoms with van der Waals surface area (Å²) in [5.41, 5.74) is 5.44. The van der Waals surface area contributed by atoms with Gasteiger partial charge in [-0.25, -0.2) is 0 Å². The van der Waals surface area contributed by atoms with Crippen LogP contribution in [0.1, 0.15) is 12.8 Å². The largest absolute Gasteiger partial charge is 0.426 e. The van der Waals surface area contributed by atoms with Crippen LogP contribution in [0, 0.1) is 11.3 Å². The Bertz CT molecular complexity index is 475. The molecule has 1 fully saturated rings. The standard InChI is InChI=1S/C13H16ClN3O2/c14-10-3-5-11(6-4-10)19-12(18)9-2-1-7-17(8-9)13(15)16/h3-6,9H,1-2,7-8H2,(H3,15,16). The molecule has 1 aromatic carbocycles. The van der Waals surface area contributed by atoms with E-state index < -0.39 is 0 Å². The molecule has 6 heteroatoms. The van der Waals surface area contributed by atoms with Gasteiger partial charge in [0.15, 0.2) is 5.96 Å². The van der Waals surface area contributed by atoms with Gasteiger partial charge in [-0.05, 0) is 37.1 Å². The lowest BCUT2D eigenvalue weighted by Gasteiger charge is -2.31. The number of nitrogens with zero attached hydrogens (tertiary/aromatic N) is 1. The van der Waals surface area contributed by atoms with E-state index in [1.54, 1.807) is 29.2 Å². The summed E-state index contributed by atoms with van der Waals surface area (Å²) in [4.78, 5) is 13.7. The lowest BCUT2D eigenvalue weighted by molar-refractivity contribution is -0.140. The number of rotatable bonds is 2. The highest BCUT2D eigenvalue weighted by Gasteiger charge is 2.27. The number of esters is 1. The van der Waals surface area contributed by atoms with Crippen molar-refractivity contribution in [3.63, 3.8) is 0 Å². The molecule has 0 amide bonds. The van der Waals surface area contributed by atoms with E-state index in [2.05, 4.69) is 0 Å². The number of likely N-dealkylation sites (tertiary alicyclic amines) is 1. The zero-order valence-electron chi connectivity index (χ0n) is 10.4. The van der Waals surface area contributed by atoms with Crippen molar-refractivity contribution in [2.75, 3.05) is 13.1 Å². The molecule has 1 aliphatic heterocycles. The number of hydrogen-bond acceptors (Lipinski definition) is 3. The minimum absolute atomic E-state index is 0.00370. The van der Waals surface area contributed by atoms with Crippen LogP contribution in [0.5, 0.6) is 5.75 Å². The van der Waals surface area contributed by atoms with Crippen molar-refractivity contribution in [3.05, 3.63) is 29.3 Å². The SMILES string of the molecule is N=C(N)N1CCCC(C(=O)Oc2ccc(Cl)cc2)C1. The molecule has 1 heterocycles. The number of hydrogen-bond donors (Lipinski definition) is 2. The molecule has 0 saturated carbocycles. The highest BCUT2D eigenvalue weighted by Crippen LogP contribution is 2.21. The molecule has 0 aromatic heterocycles. The predicted octanol–water partition coefficient (Wildman–Crippen LogP) is 1.85. The van der Waals surface area contributed by atoms with Gasteiger partial charge in [0.1, 0.15) is 5.75 Å². The maximum atomic E-state index is 12.0. The van der Waals surface area contributed by atoms with Gasteiger partial charge >= 0.3 is 5.97 Å². The maximum Gasteiger partial charge on any atom is 0.316 e. The number of benzene rings is 1. The Morgan fingerprint density at radius 1 is 1.42 bits per heavy atom. The molecular weight excluding hydrogens is 266 g/mol. The van der Waals surface area contributed by atoms with Crippen molar-refractivity contribution in [1.29, 1.82) is 5.41 Å². The first-order chi connectivity index (χ1) is 9.06. The Labute approximate surface area is 116 Å². The fraction of sp³-hybridized carbons (Fsp3) is 0.385. The fourth-order valence-electron chi connectivity index (χ4n) is 2.09. The second-order valence-corrected chi connectivity index (χ2v) is 4.98. The molecule has 2 rings (SSSR count). The van der Waals surface area contributed by atoms with E-state index in [-0.39, 0.29) is 17.8 Å². The average molecular weight is 282 g/mol. The highest BCUT2D eigenvalue weighted by atomic mass is 35.5. The van der Waals surface area contributed by atoms with Crippen LogP contribution in [-0.2, 0) is 4.79 Å². The third-order valence-corrected chi connectivity index (χ3v) is 3.38. The molecule has 0 bridgehead atoms. The quantitative estimate of drug-likeness (QED) is 0.375. The van der Waals surface area contributed by atoms with E-state index in [0.717, 1.165) is 19.4 Å². The normalized spacial score (nSPS) is 19.0. The Kier molecular flexibility index (Phi) is 4.27. The average Bonchev–Trinajstić information content (AvgIpc) is 2.41. The molecule has 0 aliphatic carbocycles.